The van der Waals surface area contributed by atoms with Crippen molar-refractivity contribution < 1.29 is 10.0 Å². The number of fused-ring (bicyclic) bond motifs is 1. The second kappa shape index (κ2) is 8.85. The van der Waals surface area contributed by atoms with E-state index in [1.807, 2.05) is 44.4 Å². The van der Waals surface area contributed by atoms with Crippen molar-refractivity contribution >= 4 is 28.7 Å². The number of benzene rings is 3. The summed E-state index contributed by atoms with van der Waals surface area (Å²) in [6.07, 6.45) is 3.60. The Labute approximate surface area is 180 Å². The second-order valence-electron chi connectivity index (χ2n) is 7.58. The van der Waals surface area contributed by atoms with Crippen molar-refractivity contribution in [2.75, 3.05) is 19.0 Å². The second-order valence-corrected chi connectivity index (χ2v) is 7.58. The van der Waals surface area contributed by atoms with Crippen molar-refractivity contribution in [3.63, 3.8) is 0 Å². The van der Waals surface area contributed by atoms with E-state index in [0.717, 1.165) is 33.5 Å². The Bertz CT molecular complexity index is 1220. The lowest BCUT2D eigenvalue weighted by atomic mass is 10.0. The van der Waals surface area contributed by atoms with Gasteiger partial charge in [-0.2, -0.15) is 0 Å². The van der Waals surface area contributed by atoms with E-state index in [0.29, 0.717) is 6.42 Å². The predicted molar refractivity (Wildman–Crippen MR) is 124 cm³/mol. The molecule has 4 rings (SSSR count). The molecule has 1 heterocycles. The summed E-state index contributed by atoms with van der Waals surface area (Å²) in [5.41, 5.74) is 9.01. The average molecular weight is 412 g/mol. The van der Waals surface area contributed by atoms with Gasteiger partial charge in [0.15, 0.2) is 0 Å². The highest BCUT2D eigenvalue weighted by Crippen LogP contribution is 2.26. The maximum Gasteiger partial charge on any atom is 0.267 e. The number of hydrogen-bond acceptors (Lipinski definition) is 4. The minimum absolute atomic E-state index is 0.556. The monoisotopic (exact) mass is 412 g/mol. The standard InChI is InChI=1S/C25H24N4O2/c1-29(2)21-11-8-19(9-12-21)20-10-13-22-23(16-20)27-24(26-22)15-18-5-3-17(4-6-18)7-14-25(30)28-31/h3-14,16,31H,15H2,1-2H3,(H,26,27)(H,28,30). The highest BCUT2D eigenvalue weighted by atomic mass is 16.5. The van der Waals surface area contributed by atoms with E-state index < -0.39 is 5.91 Å². The lowest BCUT2D eigenvalue weighted by Crippen LogP contribution is -2.14. The smallest absolute Gasteiger partial charge is 0.267 e. The summed E-state index contributed by atoms with van der Waals surface area (Å²) < 4.78 is 0. The summed E-state index contributed by atoms with van der Waals surface area (Å²) >= 11 is 0. The van der Waals surface area contributed by atoms with Crippen LogP contribution in [0.25, 0.3) is 28.2 Å². The third kappa shape index (κ3) is 4.82. The molecule has 3 aromatic carbocycles. The highest BCUT2D eigenvalue weighted by molar-refractivity contribution is 5.90. The summed E-state index contributed by atoms with van der Waals surface area (Å²) in [6.45, 7) is 0. The summed E-state index contributed by atoms with van der Waals surface area (Å²) in [7, 11) is 4.07. The fraction of sp³-hybridized carbons (Fsp3) is 0.120. The number of aromatic nitrogens is 2. The molecule has 0 aliphatic heterocycles. The van der Waals surface area contributed by atoms with Gasteiger partial charge in [-0.15, -0.1) is 0 Å². The molecule has 0 unspecified atom stereocenters. The van der Waals surface area contributed by atoms with E-state index in [-0.39, 0.29) is 0 Å². The Balaban J connectivity index is 1.50. The molecular formula is C25H24N4O2. The zero-order valence-electron chi connectivity index (χ0n) is 17.5. The number of nitrogens with zero attached hydrogens (tertiary/aromatic N) is 2. The van der Waals surface area contributed by atoms with Crippen LogP contribution in [0.15, 0.2) is 72.8 Å². The third-order valence-electron chi connectivity index (χ3n) is 5.14. The van der Waals surface area contributed by atoms with Gasteiger partial charge in [0.25, 0.3) is 5.91 Å². The molecule has 0 aliphatic carbocycles. The molecule has 4 aromatic rings. The fourth-order valence-corrected chi connectivity index (χ4v) is 3.43. The minimum Gasteiger partial charge on any atom is -0.378 e. The van der Waals surface area contributed by atoms with Gasteiger partial charge < -0.3 is 9.88 Å². The summed E-state index contributed by atoms with van der Waals surface area (Å²) in [6, 6.07) is 22.6. The number of rotatable bonds is 6. The van der Waals surface area contributed by atoms with E-state index in [4.69, 9.17) is 10.2 Å². The number of aromatic amines is 1. The van der Waals surface area contributed by atoms with Crippen molar-refractivity contribution in [1.29, 1.82) is 0 Å². The van der Waals surface area contributed by atoms with Gasteiger partial charge in [-0.1, -0.05) is 42.5 Å². The van der Waals surface area contributed by atoms with Gasteiger partial charge in [0, 0.05) is 32.3 Å². The molecule has 156 valence electrons. The molecule has 0 atom stereocenters. The van der Waals surface area contributed by atoms with Crippen molar-refractivity contribution in [2.45, 2.75) is 6.42 Å². The van der Waals surface area contributed by atoms with Crippen LogP contribution < -0.4 is 10.4 Å². The SMILES string of the molecule is CN(C)c1ccc(-c2ccc3nc(Cc4ccc(C=CC(=O)NO)cc4)[nH]c3c2)cc1. The van der Waals surface area contributed by atoms with Gasteiger partial charge in [-0.3, -0.25) is 10.0 Å². The summed E-state index contributed by atoms with van der Waals surface area (Å²) in [5, 5.41) is 8.53. The van der Waals surface area contributed by atoms with Crippen LogP contribution in [0.4, 0.5) is 5.69 Å². The first-order chi connectivity index (χ1) is 15.0. The molecule has 0 saturated heterocycles. The zero-order chi connectivity index (χ0) is 21.8. The molecule has 0 fully saturated rings. The maximum atomic E-state index is 11.1. The first-order valence-corrected chi connectivity index (χ1v) is 9.99. The van der Waals surface area contributed by atoms with Crippen LogP contribution in [-0.2, 0) is 11.2 Å². The van der Waals surface area contributed by atoms with Gasteiger partial charge in [-0.25, -0.2) is 10.5 Å². The van der Waals surface area contributed by atoms with Crippen LogP contribution in [-0.4, -0.2) is 35.2 Å². The average Bonchev–Trinajstić information content (AvgIpc) is 3.19. The van der Waals surface area contributed by atoms with Crippen LogP contribution in [0.1, 0.15) is 17.0 Å². The number of imidazole rings is 1. The molecule has 6 heteroatoms. The molecule has 0 saturated carbocycles. The lowest BCUT2D eigenvalue weighted by molar-refractivity contribution is -0.124. The van der Waals surface area contributed by atoms with Crippen LogP contribution >= 0.6 is 0 Å². The lowest BCUT2D eigenvalue weighted by Gasteiger charge is -2.12. The van der Waals surface area contributed by atoms with Crippen molar-refractivity contribution in [3.8, 4) is 11.1 Å². The number of amides is 1. The highest BCUT2D eigenvalue weighted by Gasteiger charge is 2.07. The molecular weight excluding hydrogens is 388 g/mol. The fourth-order valence-electron chi connectivity index (χ4n) is 3.43. The topological polar surface area (TPSA) is 81.2 Å². The van der Waals surface area contributed by atoms with Crippen molar-refractivity contribution in [2.24, 2.45) is 0 Å². The molecule has 0 spiro atoms. The largest absolute Gasteiger partial charge is 0.378 e. The number of anilines is 1. The zero-order valence-corrected chi connectivity index (χ0v) is 17.5. The number of hydrogen-bond donors (Lipinski definition) is 3. The number of carbonyl (C=O) groups is 1. The van der Waals surface area contributed by atoms with E-state index in [2.05, 4.69) is 46.3 Å². The Morgan fingerprint density at radius 1 is 1.03 bits per heavy atom. The van der Waals surface area contributed by atoms with Crippen molar-refractivity contribution in [3.05, 3.63) is 89.8 Å². The molecule has 3 N–H and O–H groups in total. The molecule has 31 heavy (non-hydrogen) atoms. The third-order valence-corrected chi connectivity index (χ3v) is 5.14. The molecule has 1 amide bonds. The Morgan fingerprint density at radius 2 is 1.74 bits per heavy atom. The van der Waals surface area contributed by atoms with E-state index in [1.165, 1.54) is 17.3 Å². The summed E-state index contributed by atoms with van der Waals surface area (Å²) in [5.74, 6) is 0.345. The first-order valence-electron chi connectivity index (χ1n) is 9.99. The van der Waals surface area contributed by atoms with Crippen LogP contribution in [0.3, 0.4) is 0 Å². The molecule has 0 aliphatic rings. The summed E-state index contributed by atoms with van der Waals surface area (Å²) in [4.78, 5) is 21.3. The van der Waals surface area contributed by atoms with Gasteiger partial charge in [0.05, 0.1) is 11.0 Å². The number of nitrogens with one attached hydrogen (secondary N) is 2. The Kier molecular flexibility index (Phi) is 5.82. The van der Waals surface area contributed by atoms with Crippen molar-refractivity contribution in [1.82, 2.24) is 15.4 Å². The Hall–Kier alpha value is -3.90. The quantitative estimate of drug-likeness (QED) is 0.249. The molecule has 1 aromatic heterocycles. The van der Waals surface area contributed by atoms with Crippen LogP contribution in [0.2, 0.25) is 0 Å². The van der Waals surface area contributed by atoms with E-state index in [9.17, 15) is 4.79 Å². The molecule has 0 bridgehead atoms. The van der Waals surface area contributed by atoms with Gasteiger partial charge >= 0.3 is 0 Å². The maximum absolute atomic E-state index is 11.1. The number of H-pyrrole nitrogens is 1. The number of carbonyl (C=O) groups excluding carboxylic acids is 1. The predicted octanol–water partition coefficient (Wildman–Crippen LogP) is 4.41. The van der Waals surface area contributed by atoms with E-state index >= 15 is 0 Å². The Morgan fingerprint density at radius 3 is 2.42 bits per heavy atom. The van der Waals surface area contributed by atoms with Gasteiger partial charge in [0.1, 0.15) is 5.82 Å². The van der Waals surface area contributed by atoms with Crippen LogP contribution in [0.5, 0.6) is 0 Å². The van der Waals surface area contributed by atoms with Crippen LogP contribution in [0, 0.1) is 0 Å². The molecule has 6 nitrogen and oxygen atoms in total. The van der Waals surface area contributed by atoms with Gasteiger partial charge in [-0.05, 0) is 52.6 Å². The molecule has 0 radical (unpaired) electrons. The van der Waals surface area contributed by atoms with E-state index in [1.54, 1.807) is 11.6 Å². The normalized spacial score (nSPS) is 11.2. The first kappa shape index (κ1) is 20.4. The minimum atomic E-state index is -0.556. The van der Waals surface area contributed by atoms with Gasteiger partial charge in [0.2, 0.25) is 0 Å². The number of hydroxylamine groups is 1.